The topological polar surface area (TPSA) is 78.4 Å². The van der Waals surface area contributed by atoms with Crippen LogP contribution < -0.4 is 16.0 Å². The third kappa shape index (κ3) is 8.35. The number of carbonyl (C=O) groups excluding carboxylic acids is 1. The average Bonchev–Trinajstić information content (AvgIpc) is 2.66. The van der Waals surface area contributed by atoms with Crippen molar-refractivity contribution in [2.75, 3.05) is 18.4 Å². The number of pyridine rings is 1. The standard InChI is InChI=1S/C21H28FN5O.HI/c1-5-23-21(26-16(4)17-8-7-15(3)18(22)12-17)24-11-10-20(28)27-19-9-6-14(2)13-25-19;/h6-9,12-13,16H,5,10-11H2,1-4H3,(H2,23,24,26)(H,25,27,28);1H. The molecule has 2 rings (SSSR count). The van der Waals surface area contributed by atoms with Gasteiger partial charge in [0.05, 0.1) is 12.6 Å². The first-order valence-electron chi connectivity index (χ1n) is 9.42. The summed E-state index contributed by atoms with van der Waals surface area (Å²) < 4.78 is 13.8. The van der Waals surface area contributed by atoms with Crippen LogP contribution in [0.25, 0.3) is 0 Å². The molecule has 1 aromatic heterocycles. The highest BCUT2D eigenvalue weighted by molar-refractivity contribution is 14.0. The molecule has 3 N–H and O–H groups in total. The number of halogens is 2. The van der Waals surface area contributed by atoms with E-state index in [1.807, 2.05) is 32.9 Å². The molecule has 0 fully saturated rings. The molecule has 0 aliphatic carbocycles. The Hall–Kier alpha value is -2.23. The molecular weight excluding hydrogens is 484 g/mol. The number of nitrogens with one attached hydrogen (secondary N) is 3. The lowest BCUT2D eigenvalue weighted by Crippen LogP contribution is -2.39. The van der Waals surface area contributed by atoms with Crippen molar-refractivity contribution in [3.63, 3.8) is 0 Å². The molecule has 0 aliphatic heterocycles. The molecule has 6 nitrogen and oxygen atoms in total. The second-order valence-electron chi connectivity index (χ2n) is 6.65. The summed E-state index contributed by atoms with van der Waals surface area (Å²) in [6.45, 7) is 8.58. The largest absolute Gasteiger partial charge is 0.357 e. The maximum Gasteiger partial charge on any atom is 0.227 e. The summed E-state index contributed by atoms with van der Waals surface area (Å²) in [5.41, 5.74) is 2.48. The molecule has 1 heterocycles. The zero-order valence-corrected chi connectivity index (χ0v) is 19.6. The molecule has 1 unspecified atom stereocenters. The van der Waals surface area contributed by atoms with Gasteiger partial charge in [0.1, 0.15) is 11.6 Å². The van der Waals surface area contributed by atoms with Crippen LogP contribution in [0.5, 0.6) is 0 Å². The van der Waals surface area contributed by atoms with Crippen molar-refractivity contribution in [2.45, 2.75) is 40.2 Å². The molecule has 29 heavy (non-hydrogen) atoms. The number of hydrogen-bond acceptors (Lipinski definition) is 3. The van der Waals surface area contributed by atoms with E-state index in [4.69, 9.17) is 0 Å². The Morgan fingerprint density at radius 2 is 2.00 bits per heavy atom. The van der Waals surface area contributed by atoms with Gasteiger partial charge in [-0.2, -0.15) is 0 Å². The number of benzene rings is 1. The normalized spacial score (nSPS) is 12.0. The Kier molecular flexibility index (Phi) is 10.6. The smallest absolute Gasteiger partial charge is 0.227 e. The monoisotopic (exact) mass is 513 g/mol. The van der Waals surface area contributed by atoms with Crippen molar-refractivity contribution in [3.05, 3.63) is 59.0 Å². The average molecular weight is 513 g/mol. The highest BCUT2D eigenvalue weighted by Gasteiger charge is 2.10. The molecule has 1 aromatic carbocycles. The Balaban J connectivity index is 0.00000420. The quantitative estimate of drug-likeness (QED) is 0.296. The van der Waals surface area contributed by atoms with E-state index in [2.05, 4.69) is 25.9 Å². The third-order valence-corrected chi connectivity index (χ3v) is 4.18. The second-order valence-corrected chi connectivity index (χ2v) is 6.65. The molecule has 0 spiro atoms. The first-order chi connectivity index (χ1) is 13.4. The summed E-state index contributed by atoms with van der Waals surface area (Å²) in [6, 6.07) is 8.71. The van der Waals surface area contributed by atoms with Crippen molar-refractivity contribution >= 4 is 41.7 Å². The van der Waals surface area contributed by atoms with Gasteiger partial charge in [-0.25, -0.2) is 9.37 Å². The molecule has 1 atom stereocenters. The van der Waals surface area contributed by atoms with Gasteiger partial charge in [-0.15, -0.1) is 24.0 Å². The maximum atomic E-state index is 13.8. The fourth-order valence-corrected chi connectivity index (χ4v) is 2.50. The number of amides is 1. The molecule has 0 bridgehead atoms. The minimum atomic E-state index is -0.227. The Morgan fingerprint density at radius 1 is 1.24 bits per heavy atom. The van der Waals surface area contributed by atoms with E-state index in [-0.39, 0.29) is 48.2 Å². The number of aliphatic imine (C=N–C) groups is 1. The van der Waals surface area contributed by atoms with E-state index in [1.165, 1.54) is 6.07 Å². The Labute approximate surface area is 188 Å². The molecular formula is C21H29FIN5O. The fraction of sp³-hybridized carbons (Fsp3) is 0.381. The van der Waals surface area contributed by atoms with Gasteiger partial charge in [0, 0.05) is 19.2 Å². The van der Waals surface area contributed by atoms with Gasteiger partial charge in [0.25, 0.3) is 0 Å². The predicted octanol–water partition coefficient (Wildman–Crippen LogP) is 4.10. The Morgan fingerprint density at radius 3 is 2.62 bits per heavy atom. The number of guanidine groups is 1. The van der Waals surface area contributed by atoms with E-state index >= 15 is 0 Å². The summed E-state index contributed by atoms with van der Waals surface area (Å²) in [4.78, 5) is 20.6. The van der Waals surface area contributed by atoms with E-state index < -0.39 is 0 Å². The third-order valence-electron chi connectivity index (χ3n) is 4.18. The van der Waals surface area contributed by atoms with Gasteiger partial charge in [0.15, 0.2) is 5.96 Å². The number of aryl methyl sites for hydroxylation is 2. The fourth-order valence-electron chi connectivity index (χ4n) is 2.50. The van der Waals surface area contributed by atoms with Crippen molar-refractivity contribution in [1.29, 1.82) is 0 Å². The van der Waals surface area contributed by atoms with Crippen LogP contribution >= 0.6 is 24.0 Å². The molecule has 1 amide bonds. The first kappa shape index (κ1) is 24.8. The number of hydrogen-bond donors (Lipinski definition) is 3. The van der Waals surface area contributed by atoms with E-state index in [0.717, 1.165) is 11.1 Å². The van der Waals surface area contributed by atoms with Crippen LogP contribution in [0.15, 0.2) is 41.5 Å². The van der Waals surface area contributed by atoms with Crippen LogP contribution in [-0.2, 0) is 4.79 Å². The van der Waals surface area contributed by atoms with Crippen LogP contribution in [0.4, 0.5) is 10.2 Å². The molecule has 0 radical (unpaired) electrons. The van der Waals surface area contributed by atoms with E-state index in [1.54, 1.807) is 25.3 Å². The number of nitrogens with zero attached hydrogens (tertiary/aromatic N) is 2. The minimum Gasteiger partial charge on any atom is -0.357 e. The molecule has 0 aliphatic rings. The van der Waals surface area contributed by atoms with Crippen LogP contribution in [0.3, 0.4) is 0 Å². The summed E-state index contributed by atoms with van der Waals surface area (Å²) in [6.07, 6.45) is 1.94. The van der Waals surface area contributed by atoms with Crippen LogP contribution in [0.2, 0.25) is 0 Å². The van der Waals surface area contributed by atoms with E-state index in [0.29, 0.717) is 30.4 Å². The van der Waals surface area contributed by atoms with Crippen LogP contribution in [0.1, 0.15) is 43.0 Å². The molecule has 158 valence electrons. The number of carbonyl (C=O) groups is 1. The number of aromatic nitrogens is 1. The van der Waals surface area contributed by atoms with Crippen molar-refractivity contribution in [2.24, 2.45) is 4.99 Å². The van der Waals surface area contributed by atoms with Gasteiger partial charge < -0.3 is 16.0 Å². The predicted molar refractivity (Wildman–Crippen MR) is 126 cm³/mol. The molecule has 0 saturated heterocycles. The summed E-state index contributed by atoms with van der Waals surface area (Å²) in [5.74, 6) is 0.732. The highest BCUT2D eigenvalue weighted by atomic mass is 127. The van der Waals surface area contributed by atoms with Crippen molar-refractivity contribution in [1.82, 2.24) is 15.6 Å². The second kappa shape index (κ2) is 12.4. The van der Waals surface area contributed by atoms with Crippen LogP contribution in [-0.4, -0.2) is 29.9 Å². The van der Waals surface area contributed by atoms with Gasteiger partial charge in [-0.3, -0.25) is 9.79 Å². The van der Waals surface area contributed by atoms with E-state index in [9.17, 15) is 9.18 Å². The number of rotatable bonds is 7. The summed E-state index contributed by atoms with van der Waals surface area (Å²) >= 11 is 0. The van der Waals surface area contributed by atoms with Gasteiger partial charge >= 0.3 is 0 Å². The lowest BCUT2D eigenvalue weighted by atomic mass is 10.1. The lowest BCUT2D eigenvalue weighted by Gasteiger charge is -2.18. The van der Waals surface area contributed by atoms with Crippen molar-refractivity contribution in [3.8, 4) is 0 Å². The molecule has 0 saturated carbocycles. The number of anilines is 1. The SMILES string of the molecule is CCNC(=NCCC(=O)Nc1ccc(C)cn1)NC(C)c1ccc(C)c(F)c1.I. The van der Waals surface area contributed by atoms with Gasteiger partial charge in [-0.05, 0) is 56.5 Å². The zero-order valence-electron chi connectivity index (χ0n) is 17.3. The summed E-state index contributed by atoms with van der Waals surface area (Å²) in [5, 5.41) is 9.13. The molecule has 8 heteroatoms. The first-order valence-corrected chi connectivity index (χ1v) is 9.42. The van der Waals surface area contributed by atoms with Crippen LogP contribution in [0, 0.1) is 19.7 Å². The Bertz CT molecular complexity index is 826. The lowest BCUT2D eigenvalue weighted by molar-refractivity contribution is -0.116. The zero-order chi connectivity index (χ0) is 20.5. The van der Waals surface area contributed by atoms with Gasteiger partial charge in [0.2, 0.25) is 5.91 Å². The highest BCUT2D eigenvalue weighted by Crippen LogP contribution is 2.16. The van der Waals surface area contributed by atoms with Gasteiger partial charge in [-0.1, -0.05) is 18.2 Å². The van der Waals surface area contributed by atoms with Crippen molar-refractivity contribution < 1.29 is 9.18 Å². The minimum absolute atomic E-state index is 0. The summed E-state index contributed by atoms with van der Waals surface area (Å²) in [7, 11) is 0. The molecule has 2 aromatic rings. The maximum absolute atomic E-state index is 13.8.